The van der Waals surface area contributed by atoms with Crippen LogP contribution in [0.15, 0.2) is 34.1 Å². The number of rotatable bonds is 4. The topological polar surface area (TPSA) is 52.7 Å². The van der Waals surface area contributed by atoms with Crippen molar-refractivity contribution in [1.82, 2.24) is 0 Å². The molecule has 0 bridgehead atoms. The zero-order valence-electron chi connectivity index (χ0n) is 7.34. The van der Waals surface area contributed by atoms with Gasteiger partial charge in [-0.05, 0) is 35.3 Å². The maximum Gasteiger partial charge on any atom is 0.0903 e. The van der Waals surface area contributed by atoms with Gasteiger partial charge in [0.1, 0.15) is 0 Å². The highest BCUT2D eigenvalue weighted by atomic mass is 32.2. The van der Waals surface area contributed by atoms with Gasteiger partial charge in [-0.3, -0.25) is 4.21 Å². The third-order valence-corrected chi connectivity index (χ3v) is 3.66. The van der Waals surface area contributed by atoms with Crippen molar-refractivity contribution in [3.63, 3.8) is 0 Å². The first-order valence-corrected chi connectivity index (χ1v) is 6.25. The largest absolute Gasteiger partial charge is 0.768 e. The monoisotopic (exact) mass is 229 g/mol. The summed E-state index contributed by atoms with van der Waals surface area (Å²) in [6.45, 7) is 0.857. The Morgan fingerprint density at radius 1 is 1.50 bits per heavy atom. The molecule has 2 atom stereocenters. The molecule has 0 amide bonds. The molecule has 1 heterocycles. The van der Waals surface area contributed by atoms with Crippen LogP contribution in [0.4, 0.5) is 0 Å². The molecule has 5 heteroatoms. The quantitative estimate of drug-likeness (QED) is 0.445. The molecule has 76 valence electrons. The van der Waals surface area contributed by atoms with E-state index in [0.717, 1.165) is 17.3 Å². The number of benzene rings is 1. The fourth-order valence-corrected chi connectivity index (χ4v) is 2.26. The van der Waals surface area contributed by atoms with Gasteiger partial charge in [0, 0.05) is 15.5 Å². The van der Waals surface area contributed by atoms with Crippen molar-refractivity contribution >= 4 is 22.8 Å². The lowest BCUT2D eigenvalue weighted by Crippen LogP contribution is -1.90. The minimum Gasteiger partial charge on any atom is -0.768 e. The van der Waals surface area contributed by atoms with Gasteiger partial charge in [0.15, 0.2) is 0 Å². The van der Waals surface area contributed by atoms with Crippen LogP contribution in [-0.2, 0) is 15.8 Å². The normalized spacial score (nSPS) is 21.9. The third-order valence-electron chi connectivity index (χ3n) is 1.85. The summed E-state index contributed by atoms with van der Waals surface area (Å²) in [5, 5.41) is 0. The Morgan fingerprint density at radius 2 is 2.14 bits per heavy atom. The molecular weight excluding hydrogens is 220 g/mol. The highest BCUT2D eigenvalue weighted by Gasteiger charge is 2.21. The summed E-state index contributed by atoms with van der Waals surface area (Å²) in [4.78, 5) is 1.41. The highest BCUT2D eigenvalue weighted by Crippen LogP contribution is 2.24. The molecule has 1 fully saturated rings. The molecular formula is C9H9O3S2-. The molecule has 1 aromatic carbocycles. The number of thioether (sulfide) groups is 1. The van der Waals surface area contributed by atoms with Crippen LogP contribution in [0.5, 0.6) is 0 Å². The lowest BCUT2D eigenvalue weighted by atomic mass is 10.4. The van der Waals surface area contributed by atoms with E-state index in [4.69, 9.17) is 4.74 Å². The van der Waals surface area contributed by atoms with Crippen LogP contribution < -0.4 is 0 Å². The zero-order valence-corrected chi connectivity index (χ0v) is 8.98. The molecule has 2 rings (SSSR count). The van der Waals surface area contributed by atoms with Crippen LogP contribution in [-0.4, -0.2) is 27.2 Å². The molecule has 3 nitrogen and oxygen atoms in total. The smallest absolute Gasteiger partial charge is 0.0903 e. The minimum absolute atomic E-state index is 0.331. The van der Waals surface area contributed by atoms with E-state index in [2.05, 4.69) is 0 Å². The van der Waals surface area contributed by atoms with E-state index in [1.807, 2.05) is 12.1 Å². The van der Waals surface area contributed by atoms with Crippen LogP contribution in [0.1, 0.15) is 0 Å². The molecule has 0 aromatic heterocycles. The molecule has 0 spiro atoms. The van der Waals surface area contributed by atoms with Crippen molar-refractivity contribution in [3.8, 4) is 0 Å². The van der Waals surface area contributed by atoms with E-state index < -0.39 is 11.1 Å². The van der Waals surface area contributed by atoms with E-state index >= 15 is 0 Å². The second kappa shape index (κ2) is 4.44. The van der Waals surface area contributed by atoms with Gasteiger partial charge in [0.2, 0.25) is 0 Å². The lowest BCUT2D eigenvalue weighted by Gasteiger charge is -2.05. The van der Waals surface area contributed by atoms with Crippen LogP contribution >= 0.6 is 11.8 Å². The van der Waals surface area contributed by atoms with Crippen LogP contribution in [0, 0.1) is 0 Å². The van der Waals surface area contributed by atoms with Crippen molar-refractivity contribution < 1.29 is 13.5 Å². The molecule has 1 aliphatic heterocycles. The van der Waals surface area contributed by atoms with Crippen LogP contribution in [0.3, 0.4) is 0 Å². The highest BCUT2D eigenvalue weighted by molar-refractivity contribution is 7.99. The maximum atomic E-state index is 10.6. The Bertz CT molecular complexity index is 332. The average molecular weight is 229 g/mol. The van der Waals surface area contributed by atoms with Crippen LogP contribution in [0.2, 0.25) is 0 Å². The van der Waals surface area contributed by atoms with E-state index in [1.165, 1.54) is 0 Å². The Kier molecular flexibility index (Phi) is 3.22. The summed E-state index contributed by atoms with van der Waals surface area (Å²) in [7, 11) is 0. The molecule has 1 aromatic rings. The first-order valence-electron chi connectivity index (χ1n) is 4.19. The summed E-state index contributed by atoms with van der Waals surface area (Å²) >= 11 is -0.436. The number of ether oxygens (including phenoxy) is 1. The van der Waals surface area contributed by atoms with Gasteiger partial charge in [-0.1, -0.05) is 0 Å². The second-order valence-corrected chi connectivity index (χ2v) is 5.01. The van der Waals surface area contributed by atoms with E-state index in [-0.39, 0.29) is 0 Å². The fraction of sp³-hybridized carbons (Fsp3) is 0.333. The molecule has 0 aliphatic carbocycles. The predicted molar refractivity (Wildman–Crippen MR) is 54.1 cm³/mol. The molecule has 1 aliphatic rings. The summed E-state index contributed by atoms with van der Waals surface area (Å²) in [5.41, 5.74) is 0. The van der Waals surface area contributed by atoms with E-state index in [9.17, 15) is 8.76 Å². The standard InChI is InChI=1S/C9H10O3S2/c10-14(11)9-3-1-8(2-4-9)13-6-7-5-12-7/h1-4,7H,5-6H2,(H,10,11)/p-1. The summed E-state index contributed by atoms with van der Waals surface area (Å²) in [5.74, 6) is 0.944. The zero-order chi connectivity index (χ0) is 9.97. The lowest BCUT2D eigenvalue weighted by molar-refractivity contribution is 0.426. The van der Waals surface area contributed by atoms with E-state index in [0.29, 0.717) is 11.0 Å². The van der Waals surface area contributed by atoms with E-state index in [1.54, 1.807) is 23.9 Å². The molecule has 0 radical (unpaired) electrons. The number of hydrogen-bond donors (Lipinski definition) is 0. The molecule has 2 unspecified atom stereocenters. The van der Waals surface area contributed by atoms with Gasteiger partial charge in [-0.2, -0.15) is 0 Å². The summed E-state index contributed by atoms with van der Waals surface area (Å²) in [6, 6.07) is 6.86. The molecule has 14 heavy (non-hydrogen) atoms. The van der Waals surface area contributed by atoms with Crippen molar-refractivity contribution in [1.29, 1.82) is 0 Å². The van der Waals surface area contributed by atoms with Gasteiger partial charge in [-0.25, -0.2) is 0 Å². The average Bonchev–Trinajstić information content (AvgIpc) is 2.99. The van der Waals surface area contributed by atoms with Gasteiger partial charge in [-0.15, -0.1) is 11.8 Å². The van der Waals surface area contributed by atoms with Gasteiger partial charge in [0.25, 0.3) is 0 Å². The minimum atomic E-state index is -2.12. The Balaban J connectivity index is 1.94. The van der Waals surface area contributed by atoms with Crippen molar-refractivity contribution in [2.75, 3.05) is 12.4 Å². The van der Waals surface area contributed by atoms with Crippen molar-refractivity contribution in [3.05, 3.63) is 24.3 Å². The Hall–Kier alpha value is -0.360. The number of epoxide rings is 1. The molecule has 0 saturated carbocycles. The first kappa shape index (κ1) is 10.2. The second-order valence-electron chi connectivity index (χ2n) is 2.97. The van der Waals surface area contributed by atoms with Crippen molar-refractivity contribution in [2.45, 2.75) is 15.9 Å². The fourth-order valence-electron chi connectivity index (χ4n) is 1.00. The Morgan fingerprint density at radius 3 is 2.64 bits per heavy atom. The Labute approximate surface area is 89.1 Å². The number of hydrogen-bond acceptors (Lipinski definition) is 4. The predicted octanol–water partition coefficient (Wildman–Crippen LogP) is 1.42. The maximum absolute atomic E-state index is 10.6. The van der Waals surface area contributed by atoms with Gasteiger partial charge >= 0.3 is 0 Å². The molecule has 1 saturated heterocycles. The van der Waals surface area contributed by atoms with Gasteiger partial charge in [0.05, 0.1) is 12.7 Å². The third kappa shape index (κ3) is 2.81. The van der Waals surface area contributed by atoms with Crippen molar-refractivity contribution in [2.24, 2.45) is 0 Å². The summed E-state index contributed by atoms with van der Waals surface area (Å²) in [6.07, 6.45) is 0.397. The molecule has 0 N–H and O–H groups in total. The summed E-state index contributed by atoms with van der Waals surface area (Å²) < 4.78 is 26.2. The SMILES string of the molecule is O=S([O-])c1ccc(SCC2CO2)cc1. The van der Waals surface area contributed by atoms with Crippen LogP contribution in [0.25, 0.3) is 0 Å². The van der Waals surface area contributed by atoms with Gasteiger partial charge < -0.3 is 9.29 Å². The first-order chi connectivity index (χ1) is 6.75.